The third kappa shape index (κ3) is 4.82. The van der Waals surface area contributed by atoms with Gasteiger partial charge in [0.05, 0.1) is 7.11 Å². The number of aromatic hydroxyl groups is 2. The largest absolute Gasteiger partial charge is 0.508 e. The molecule has 0 radical (unpaired) electrons. The van der Waals surface area contributed by atoms with E-state index in [9.17, 15) is 24.9 Å². The number of ketones is 1. The fourth-order valence-electron chi connectivity index (χ4n) is 2.00. The van der Waals surface area contributed by atoms with Crippen LogP contribution >= 0.6 is 0 Å². The second-order valence-electron chi connectivity index (χ2n) is 5.09. The minimum absolute atomic E-state index is 0.0117. The number of carbonyl (C=O) groups is 2. The molecule has 0 aliphatic heterocycles. The van der Waals surface area contributed by atoms with Gasteiger partial charge in [-0.2, -0.15) is 0 Å². The van der Waals surface area contributed by atoms with Crippen molar-refractivity contribution in [3.05, 3.63) is 59.7 Å². The summed E-state index contributed by atoms with van der Waals surface area (Å²) in [5, 5.41) is 30.6. The lowest BCUT2D eigenvalue weighted by Gasteiger charge is -2.10. The zero-order chi connectivity index (χ0) is 18.4. The summed E-state index contributed by atoms with van der Waals surface area (Å²) in [6, 6.07) is 9.80. The number of nitrogens with one attached hydrogen (secondary N) is 1. The molecule has 130 valence electrons. The van der Waals surface area contributed by atoms with Crippen LogP contribution in [0.3, 0.4) is 0 Å². The van der Waals surface area contributed by atoms with Gasteiger partial charge in [0, 0.05) is 11.6 Å². The molecular weight excluding hydrogens is 326 g/mol. The Bertz CT molecular complexity index is 798. The number of phenols is 2. The fourth-order valence-corrected chi connectivity index (χ4v) is 2.00. The highest BCUT2D eigenvalue weighted by molar-refractivity contribution is 6.02. The van der Waals surface area contributed by atoms with Gasteiger partial charge in [-0.3, -0.25) is 9.59 Å². The molecule has 0 aromatic heterocycles. The molecule has 2 aromatic rings. The summed E-state index contributed by atoms with van der Waals surface area (Å²) in [4.78, 5) is 23.8. The summed E-state index contributed by atoms with van der Waals surface area (Å²) in [6.07, 6.45) is 0.866. The number of phenolic OH excluding ortho intramolecular Hbond substituents is 2. The fraction of sp³-hybridized carbons (Fsp3) is 0.111. The first-order valence-corrected chi connectivity index (χ1v) is 7.27. The molecule has 7 nitrogen and oxygen atoms in total. The number of aliphatic hydroxyl groups excluding tert-OH is 1. The molecule has 0 aliphatic carbocycles. The molecule has 25 heavy (non-hydrogen) atoms. The molecule has 1 amide bonds. The second-order valence-corrected chi connectivity index (χ2v) is 5.09. The Labute approximate surface area is 143 Å². The van der Waals surface area contributed by atoms with Crippen molar-refractivity contribution >= 4 is 17.8 Å². The van der Waals surface area contributed by atoms with Crippen molar-refractivity contribution in [2.24, 2.45) is 0 Å². The van der Waals surface area contributed by atoms with Gasteiger partial charge in [0.25, 0.3) is 0 Å². The van der Waals surface area contributed by atoms with Crippen molar-refractivity contribution in [3.63, 3.8) is 0 Å². The van der Waals surface area contributed by atoms with Crippen LogP contribution in [0.2, 0.25) is 0 Å². The Morgan fingerprint density at radius 3 is 2.44 bits per heavy atom. The van der Waals surface area contributed by atoms with E-state index in [0.717, 1.165) is 6.08 Å². The van der Waals surface area contributed by atoms with Crippen LogP contribution in [0.15, 0.2) is 48.5 Å². The van der Waals surface area contributed by atoms with Crippen molar-refractivity contribution in [1.29, 1.82) is 0 Å². The van der Waals surface area contributed by atoms with Crippen molar-refractivity contribution in [2.45, 2.75) is 6.23 Å². The Morgan fingerprint density at radius 2 is 1.80 bits per heavy atom. The van der Waals surface area contributed by atoms with E-state index in [1.54, 1.807) is 6.07 Å². The van der Waals surface area contributed by atoms with E-state index in [0.29, 0.717) is 5.56 Å². The third-order valence-corrected chi connectivity index (χ3v) is 3.31. The third-order valence-electron chi connectivity index (χ3n) is 3.31. The van der Waals surface area contributed by atoms with Crippen molar-refractivity contribution in [2.75, 3.05) is 7.11 Å². The lowest BCUT2D eigenvalue weighted by molar-refractivity contribution is -0.118. The number of benzene rings is 2. The first kappa shape index (κ1) is 18.0. The molecule has 2 rings (SSSR count). The molecule has 4 N–H and O–H groups in total. The topological polar surface area (TPSA) is 116 Å². The number of hydrogen-bond donors (Lipinski definition) is 4. The van der Waals surface area contributed by atoms with Gasteiger partial charge in [-0.1, -0.05) is 6.07 Å². The molecule has 0 spiro atoms. The highest BCUT2D eigenvalue weighted by atomic mass is 16.5. The predicted molar refractivity (Wildman–Crippen MR) is 90.3 cm³/mol. The molecule has 1 unspecified atom stereocenters. The van der Waals surface area contributed by atoms with E-state index in [1.165, 1.54) is 49.6 Å². The van der Waals surface area contributed by atoms with Crippen LogP contribution in [0, 0.1) is 0 Å². The minimum Gasteiger partial charge on any atom is -0.508 e. The maximum atomic E-state index is 12.0. The molecule has 1 atom stereocenters. The van der Waals surface area contributed by atoms with E-state index in [2.05, 4.69) is 5.32 Å². The number of hydrogen-bond acceptors (Lipinski definition) is 6. The zero-order valence-electron chi connectivity index (χ0n) is 13.3. The van der Waals surface area contributed by atoms with Crippen LogP contribution in [0.25, 0.3) is 6.08 Å². The lowest BCUT2D eigenvalue weighted by Crippen LogP contribution is -2.39. The Balaban J connectivity index is 1.99. The monoisotopic (exact) mass is 343 g/mol. The number of methoxy groups -OCH3 is 1. The number of rotatable bonds is 6. The highest BCUT2D eigenvalue weighted by Gasteiger charge is 2.18. The van der Waals surface area contributed by atoms with E-state index < -0.39 is 17.9 Å². The molecule has 0 aliphatic rings. The average molecular weight is 343 g/mol. The number of Topliss-reactive ketones (excluding diaryl/α,β-unsaturated/α-hetero) is 1. The van der Waals surface area contributed by atoms with Gasteiger partial charge in [0.2, 0.25) is 11.7 Å². The van der Waals surface area contributed by atoms with Gasteiger partial charge in [0.1, 0.15) is 5.75 Å². The summed E-state index contributed by atoms with van der Waals surface area (Å²) in [6.45, 7) is 0. The number of aliphatic hydroxyl groups is 1. The van der Waals surface area contributed by atoms with E-state index in [-0.39, 0.29) is 22.8 Å². The molecule has 0 saturated carbocycles. The van der Waals surface area contributed by atoms with Crippen molar-refractivity contribution < 1.29 is 29.6 Å². The van der Waals surface area contributed by atoms with E-state index >= 15 is 0 Å². The summed E-state index contributed by atoms with van der Waals surface area (Å²) in [7, 11) is 1.40. The van der Waals surface area contributed by atoms with Crippen molar-refractivity contribution in [3.8, 4) is 17.2 Å². The summed E-state index contributed by atoms with van der Waals surface area (Å²) in [5.74, 6) is -1.16. The molecule has 7 heteroatoms. The molecular formula is C18H17NO6. The van der Waals surface area contributed by atoms with Gasteiger partial charge < -0.3 is 25.4 Å². The van der Waals surface area contributed by atoms with E-state index in [1.807, 2.05) is 0 Å². The number of carbonyl (C=O) groups excluding carboxylic acids is 2. The SMILES string of the molecule is COc1cc(/C=C/C(=O)NC(O)C(=O)c2ccc(O)cc2)ccc1O. The minimum atomic E-state index is -1.71. The standard InChI is InChI=1S/C18H17NO6/c1-25-15-10-11(2-8-14(15)21)3-9-16(22)19-18(24)17(23)12-4-6-13(20)7-5-12/h2-10,18,20-21,24H,1H3,(H,19,22)/b9-3+. The maximum Gasteiger partial charge on any atom is 0.246 e. The van der Waals surface area contributed by atoms with Gasteiger partial charge >= 0.3 is 0 Å². The van der Waals surface area contributed by atoms with Crippen LogP contribution in [0.4, 0.5) is 0 Å². The summed E-state index contributed by atoms with van der Waals surface area (Å²) < 4.78 is 4.96. The smallest absolute Gasteiger partial charge is 0.246 e. The van der Waals surface area contributed by atoms with Gasteiger partial charge in [0.15, 0.2) is 17.7 Å². The molecule has 0 bridgehead atoms. The Morgan fingerprint density at radius 1 is 1.12 bits per heavy atom. The first-order valence-electron chi connectivity index (χ1n) is 7.27. The van der Waals surface area contributed by atoms with Crippen LogP contribution in [-0.4, -0.2) is 40.3 Å². The van der Waals surface area contributed by atoms with E-state index in [4.69, 9.17) is 4.74 Å². The number of ether oxygens (including phenoxy) is 1. The summed E-state index contributed by atoms with van der Waals surface area (Å²) >= 11 is 0. The predicted octanol–water partition coefficient (Wildman–Crippen LogP) is 1.44. The molecule has 2 aromatic carbocycles. The molecule has 0 heterocycles. The second kappa shape index (κ2) is 7.98. The van der Waals surface area contributed by atoms with Crippen LogP contribution in [0.1, 0.15) is 15.9 Å². The summed E-state index contributed by atoms with van der Waals surface area (Å²) in [5.41, 5.74) is 0.738. The van der Waals surface area contributed by atoms with Crippen LogP contribution in [-0.2, 0) is 4.79 Å². The Kier molecular flexibility index (Phi) is 5.75. The van der Waals surface area contributed by atoms with Gasteiger partial charge in [-0.05, 0) is 48.0 Å². The maximum absolute atomic E-state index is 12.0. The zero-order valence-corrected chi connectivity index (χ0v) is 13.3. The van der Waals surface area contributed by atoms with Gasteiger partial charge in [-0.15, -0.1) is 0 Å². The van der Waals surface area contributed by atoms with Crippen LogP contribution in [0.5, 0.6) is 17.2 Å². The quantitative estimate of drug-likeness (QED) is 0.358. The first-order chi connectivity index (χ1) is 11.9. The van der Waals surface area contributed by atoms with Crippen molar-refractivity contribution in [1.82, 2.24) is 5.32 Å². The molecule has 0 saturated heterocycles. The average Bonchev–Trinajstić information content (AvgIpc) is 2.61. The number of amides is 1. The Hall–Kier alpha value is -3.32. The normalized spacial score (nSPS) is 11.9. The molecule has 0 fully saturated rings. The van der Waals surface area contributed by atoms with Gasteiger partial charge in [-0.25, -0.2) is 0 Å². The lowest BCUT2D eigenvalue weighted by atomic mass is 10.1. The highest BCUT2D eigenvalue weighted by Crippen LogP contribution is 2.26. The van der Waals surface area contributed by atoms with Crippen LogP contribution < -0.4 is 10.1 Å².